The van der Waals surface area contributed by atoms with Gasteiger partial charge in [-0.15, -0.1) is 0 Å². The van der Waals surface area contributed by atoms with Crippen LogP contribution in [0.1, 0.15) is 21.5 Å². The summed E-state index contributed by atoms with van der Waals surface area (Å²) in [6, 6.07) is 7.19. The number of carbonyl (C=O) groups is 1. The minimum atomic E-state index is -0.662. The summed E-state index contributed by atoms with van der Waals surface area (Å²) in [5.74, 6) is 0.160. The Balaban J connectivity index is 1.55. The Bertz CT molecular complexity index is 1420. The first-order valence-corrected chi connectivity index (χ1v) is 9.76. The molecule has 4 aromatic rings. The molecule has 0 atom stereocenters. The molecule has 32 heavy (non-hydrogen) atoms. The highest BCUT2D eigenvalue weighted by Gasteiger charge is 2.21. The van der Waals surface area contributed by atoms with Gasteiger partial charge >= 0.3 is 0 Å². The summed E-state index contributed by atoms with van der Waals surface area (Å²) in [6.45, 7) is 7.98. The normalized spacial score (nSPS) is 12.3. The second-order valence-electron chi connectivity index (χ2n) is 7.21. The maximum Gasteiger partial charge on any atom is 0.288 e. The van der Waals surface area contributed by atoms with Crippen molar-refractivity contribution in [1.82, 2.24) is 14.4 Å². The molecule has 1 N–H and O–H groups in total. The maximum atomic E-state index is 14.5. The highest BCUT2D eigenvalue weighted by Crippen LogP contribution is 2.32. The van der Waals surface area contributed by atoms with E-state index in [-0.39, 0.29) is 23.7 Å². The molecular formula is C23H15F2N5O2. The number of anilines is 1. The van der Waals surface area contributed by atoms with E-state index in [2.05, 4.69) is 20.1 Å². The molecule has 2 aromatic carbocycles. The minimum Gasteiger partial charge on any atom is -0.493 e. The van der Waals surface area contributed by atoms with Crippen LogP contribution in [0.2, 0.25) is 0 Å². The highest BCUT2D eigenvalue weighted by atomic mass is 19.1. The van der Waals surface area contributed by atoms with Gasteiger partial charge in [-0.3, -0.25) is 9.20 Å². The number of aldehydes is 1. The highest BCUT2D eigenvalue weighted by molar-refractivity contribution is 5.82. The van der Waals surface area contributed by atoms with Crippen LogP contribution >= 0.6 is 0 Å². The van der Waals surface area contributed by atoms with Gasteiger partial charge in [0.1, 0.15) is 17.4 Å². The van der Waals surface area contributed by atoms with Crippen molar-refractivity contribution in [3.05, 3.63) is 82.5 Å². The Morgan fingerprint density at radius 1 is 1.25 bits per heavy atom. The molecule has 0 unspecified atom stereocenters. The van der Waals surface area contributed by atoms with Crippen molar-refractivity contribution in [2.24, 2.45) is 0 Å². The Kier molecular flexibility index (Phi) is 4.75. The molecule has 1 aliphatic rings. The zero-order valence-corrected chi connectivity index (χ0v) is 16.6. The molecule has 1 aliphatic heterocycles. The molecule has 158 valence electrons. The number of fused-ring (bicyclic) bond motifs is 2. The second kappa shape index (κ2) is 7.74. The van der Waals surface area contributed by atoms with Crippen molar-refractivity contribution in [2.75, 3.05) is 11.9 Å². The summed E-state index contributed by atoms with van der Waals surface area (Å²) in [7, 11) is 0. The van der Waals surface area contributed by atoms with Gasteiger partial charge in [-0.25, -0.2) is 13.8 Å². The molecule has 0 aliphatic carbocycles. The van der Waals surface area contributed by atoms with Crippen LogP contribution in [0.15, 0.2) is 42.7 Å². The van der Waals surface area contributed by atoms with Crippen molar-refractivity contribution in [2.45, 2.75) is 13.0 Å². The van der Waals surface area contributed by atoms with Gasteiger partial charge in [-0.1, -0.05) is 17.6 Å². The largest absolute Gasteiger partial charge is 0.493 e. The third-order valence-corrected chi connectivity index (χ3v) is 5.40. The molecule has 0 saturated carbocycles. The molecular weight excluding hydrogens is 416 g/mol. The fraction of sp³-hybridized carbons (Fsp3) is 0.130. The Morgan fingerprint density at radius 2 is 2.12 bits per heavy atom. The van der Waals surface area contributed by atoms with Gasteiger partial charge in [0.2, 0.25) is 11.6 Å². The van der Waals surface area contributed by atoms with E-state index in [1.807, 2.05) is 0 Å². The second-order valence-corrected chi connectivity index (χ2v) is 7.21. The first-order valence-electron chi connectivity index (χ1n) is 9.76. The van der Waals surface area contributed by atoms with Gasteiger partial charge in [0.05, 0.1) is 17.7 Å². The molecule has 0 fully saturated rings. The molecule has 0 amide bonds. The fourth-order valence-corrected chi connectivity index (χ4v) is 3.82. The molecule has 9 heteroatoms. The molecule has 0 saturated heterocycles. The van der Waals surface area contributed by atoms with E-state index in [9.17, 15) is 13.6 Å². The number of aromatic nitrogens is 3. The summed E-state index contributed by atoms with van der Waals surface area (Å²) in [5.41, 5.74) is 2.60. The number of nitrogens with one attached hydrogen (secondary N) is 1. The average Bonchev–Trinajstić information content (AvgIpc) is 3.45. The monoisotopic (exact) mass is 431 g/mol. The molecule has 0 radical (unpaired) electrons. The predicted octanol–water partition coefficient (Wildman–Crippen LogP) is 4.58. The van der Waals surface area contributed by atoms with Crippen LogP contribution in [0, 0.1) is 18.2 Å². The number of hydrogen-bond donors (Lipinski definition) is 1. The SMILES string of the molecule is [C-]#[N+]c1cn2c(NCc3c(F)ccc4c3CCO4)ncc(-c3ccc(C=O)c(F)c3)c2n1. The van der Waals surface area contributed by atoms with Crippen molar-refractivity contribution in [1.29, 1.82) is 0 Å². The van der Waals surface area contributed by atoms with Crippen molar-refractivity contribution in [3.8, 4) is 16.9 Å². The van der Waals surface area contributed by atoms with E-state index in [1.165, 1.54) is 30.6 Å². The molecule has 0 spiro atoms. The first kappa shape index (κ1) is 19.6. The summed E-state index contributed by atoms with van der Waals surface area (Å²) >= 11 is 0. The lowest BCUT2D eigenvalue weighted by Crippen LogP contribution is -2.09. The van der Waals surface area contributed by atoms with Crippen LogP contribution in [0.25, 0.3) is 21.6 Å². The third kappa shape index (κ3) is 3.22. The zero-order chi connectivity index (χ0) is 22.2. The van der Waals surface area contributed by atoms with Gasteiger partial charge in [0.15, 0.2) is 6.29 Å². The quantitative estimate of drug-likeness (QED) is 0.370. The predicted molar refractivity (Wildman–Crippen MR) is 113 cm³/mol. The van der Waals surface area contributed by atoms with E-state index in [4.69, 9.17) is 11.3 Å². The number of ether oxygens (including phenoxy) is 1. The molecule has 3 heterocycles. The lowest BCUT2D eigenvalue weighted by Gasteiger charge is -2.12. The Labute approximate surface area is 181 Å². The van der Waals surface area contributed by atoms with Crippen molar-refractivity contribution >= 4 is 23.7 Å². The van der Waals surface area contributed by atoms with Gasteiger partial charge in [0, 0.05) is 36.5 Å². The van der Waals surface area contributed by atoms with E-state index in [1.54, 1.807) is 16.5 Å². The smallest absolute Gasteiger partial charge is 0.288 e. The molecule has 0 bridgehead atoms. The van der Waals surface area contributed by atoms with Crippen molar-refractivity contribution < 1.29 is 18.3 Å². The van der Waals surface area contributed by atoms with Crippen LogP contribution in [0.3, 0.4) is 0 Å². The lowest BCUT2D eigenvalue weighted by molar-refractivity contribution is 0.112. The number of carbonyl (C=O) groups excluding carboxylic acids is 1. The van der Waals surface area contributed by atoms with E-state index in [0.29, 0.717) is 53.3 Å². The van der Waals surface area contributed by atoms with E-state index >= 15 is 0 Å². The summed E-state index contributed by atoms with van der Waals surface area (Å²) < 4.78 is 35.7. The number of halogens is 2. The lowest BCUT2D eigenvalue weighted by atomic mass is 10.0. The summed E-state index contributed by atoms with van der Waals surface area (Å²) in [6.07, 6.45) is 4.08. The number of benzene rings is 2. The maximum absolute atomic E-state index is 14.5. The minimum absolute atomic E-state index is 0.0531. The van der Waals surface area contributed by atoms with Crippen LogP contribution in [-0.2, 0) is 13.0 Å². The number of imidazole rings is 1. The fourth-order valence-electron chi connectivity index (χ4n) is 3.82. The standard InChI is InChI=1S/C23H15F2N5O2/c1-26-21-11-30-22(29-21)16(13-2-3-14(12-31)19(25)8-13)9-27-23(30)28-10-17-15-6-7-32-20(15)5-4-18(17)24/h2-5,8-9,11-12H,6-7,10H2,(H,27,28). The molecule has 5 rings (SSSR count). The third-order valence-electron chi connectivity index (χ3n) is 5.40. The van der Waals surface area contributed by atoms with Crippen LogP contribution in [0.5, 0.6) is 5.75 Å². The average molecular weight is 431 g/mol. The van der Waals surface area contributed by atoms with Gasteiger partial charge in [-0.05, 0) is 29.8 Å². The number of rotatable bonds is 5. The van der Waals surface area contributed by atoms with Crippen LogP contribution in [0.4, 0.5) is 20.5 Å². The summed E-state index contributed by atoms with van der Waals surface area (Å²) in [4.78, 5) is 23.0. The van der Waals surface area contributed by atoms with Crippen LogP contribution in [-0.4, -0.2) is 27.3 Å². The Hall–Kier alpha value is -4.32. The summed E-state index contributed by atoms with van der Waals surface area (Å²) in [5, 5.41) is 3.11. The molecule has 2 aromatic heterocycles. The topological polar surface area (TPSA) is 72.9 Å². The number of hydrogen-bond acceptors (Lipinski definition) is 5. The first-order chi connectivity index (χ1) is 15.6. The van der Waals surface area contributed by atoms with Gasteiger partial charge in [-0.2, -0.15) is 0 Å². The van der Waals surface area contributed by atoms with Gasteiger partial charge in [0.25, 0.3) is 5.82 Å². The molecule has 7 nitrogen and oxygen atoms in total. The van der Waals surface area contributed by atoms with Gasteiger partial charge < -0.3 is 14.9 Å². The van der Waals surface area contributed by atoms with Crippen molar-refractivity contribution in [3.63, 3.8) is 0 Å². The zero-order valence-electron chi connectivity index (χ0n) is 16.6. The number of nitrogens with zero attached hydrogens (tertiary/aromatic N) is 4. The van der Waals surface area contributed by atoms with E-state index in [0.717, 1.165) is 5.56 Å². The van der Waals surface area contributed by atoms with E-state index < -0.39 is 5.82 Å². The Morgan fingerprint density at radius 3 is 2.91 bits per heavy atom. The van der Waals surface area contributed by atoms with Crippen LogP contribution < -0.4 is 10.1 Å².